The number of hydrogen-bond donors (Lipinski definition) is 2. The molecule has 0 aliphatic carbocycles. The van der Waals surface area contributed by atoms with E-state index in [1.807, 2.05) is 0 Å². The van der Waals surface area contributed by atoms with Crippen LogP contribution in [0.1, 0.15) is 15.9 Å². The minimum absolute atomic E-state index is 0.0691. The van der Waals surface area contributed by atoms with Gasteiger partial charge in [0, 0.05) is 23.4 Å². The molecule has 0 aliphatic rings. The SMILES string of the molecule is NC(=S)c1cccc(C(=O)NCCSC(F)(F)F)c1. The van der Waals surface area contributed by atoms with Gasteiger partial charge in [-0.25, -0.2) is 0 Å². The summed E-state index contributed by atoms with van der Waals surface area (Å²) in [6, 6.07) is 6.29. The maximum absolute atomic E-state index is 11.9. The highest BCUT2D eigenvalue weighted by atomic mass is 32.2. The first-order chi connectivity index (χ1) is 8.79. The molecule has 104 valence electrons. The summed E-state index contributed by atoms with van der Waals surface area (Å²) >= 11 is 4.60. The molecule has 0 saturated heterocycles. The Morgan fingerprint density at radius 1 is 1.37 bits per heavy atom. The number of carbonyl (C=O) groups is 1. The van der Waals surface area contributed by atoms with E-state index < -0.39 is 11.4 Å². The van der Waals surface area contributed by atoms with E-state index in [4.69, 9.17) is 18.0 Å². The summed E-state index contributed by atoms with van der Waals surface area (Å²) in [6.07, 6.45) is 0. The highest BCUT2D eigenvalue weighted by Gasteiger charge is 2.27. The molecule has 1 aromatic carbocycles. The van der Waals surface area contributed by atoms with Gasteiger partial charge in [-0.15, -0.1) is 0 Å². The number of amides is 1. The quantitative estimate of drug-likeness (QED) is 0.647. The number of carbonyl (C=O) groups excluding carboxylic acids is 1. The Balaban J connectivity index is 2.50. The number of benzene rings is 1. The van der Waals surface area contributed by atoms with Crippen molar-refractivity contribution in [2.45, 2.75) is 5.51 Å². The summed E-state index contributed by atoms with van der Waals surface area (Å²) < 4.78 is 35.6. The molecule has 3 N–H and O–H groups in total. The molecule has 0 fully saturated rings. The summed E-state index contributed by atoms with van der Waals surface area (Å²) in [5.41, 5.74) is 1.98. The van der Waals surface area contributed by atoms with Gasteiger partial charge in [0.2, 0.25) is 0 Å². The first-order valence-electron chi connectivity index (χ1n) is 5.18. The van der Waals surface area contributed by atoms with E-state index in [-0.39, 0.29) is 29.0 Å². The van der Waals surface area contributed by atoms with E-state index in [9.17, 15) is 18.0 Å². The third kappa shape index (κ3) is 5.93. The number of nitrogens with two attached hydrogens (primary N) is 1. The van der Waals surface area contributed by atoms with Crippen LogP contribution in [0.4, 0.5) is 13.2 Å². The van der Waals surface area contributed by atoms with Crippen molar-refractivity contribution in [3.05, 3.63) is 35.4 Å². The van der Waals surface area contributed by atoms with Crippen LogP contribution in [0.25, 0.3) is 0 Å². The van der Waals surface area contributed by atoms with Crippen LogP contribution in [0.5, 0.6) is 0 Å². The van der Waals surface area contributed by atoms with Crippen molar-refractivity contribution in [2.24, 2.45) is 5.73 Å². The molecule has 0 bridgehead atoms. The fourth-order valence-corrected chi connectivity index (χ4v) is 1.81. The number of hydrogen-bond acceptors (Lipinski definition) is 3. The van der Waals surface area contributed by atoms with E-state index >= 15 is 0 Å². The maximum Gasteiger partial charge on any atom is 0.441 e. The zero-order chi connectivity index (χ0) is 14.5. The second-order valence-electron chi connectivity index (χ2n) is 3.50. The topological polar surface area (TPSA) is 55.1 Å². The summed E-state index contributed by atoms with van der Waals surface area (Å²) in [4.78, 5) is 11.8. The van der Waals surface area contributed by atoms with E-state index in [0.717, 1.165) is 0 Å². The molecule has 1 rings (SSSR count). The Hall–Kier alpha value is -1.28. The van der Waals surface area contributed by atoms with Crippen molar-refractivity contribution in [2.75, 3.05) is 12.3 Å². The Kier molecular flexibility index (Phi) is 5.61. The molecule has 0 saturated carbocycles. The second-order valence-corrected chi connectivity index (χ2v) is 5.09. The van der Waals surface area contributed by atoms with Gasteiger partial charge in [0.25, 0.3) is 5.91 Å². The van der Waals surface area contributed by atoms with E-state index in [1.165, 1.54) is 12.1 Å². The van der Waals surface area contributed by atoms with Crippen LogP contribution in [0.15, 0.2) is 24.3 Å². The number of thioether (sulfide) groups is 1. The van der Waals surface area contributed by atoms with Crippen molar-refractivity contribution < 1.29 is 18.0 Å². The molecule has 0 radical (unpaired) electrons. The molecule has 8 heteroatoms. The predicted molar refractivity (Wildman–Crippen MR) is 73.2 cm³/mol. The lowest BCUT2D eigenvalue weighted by Crippen LogP contribution is -2.26. The van der Waals surface area contributed by atoms with E-state index in [1.54, 1.807) is 12.1 Å². The Morgan fingerprint density at radius 2 is 2.00 bits per heavy atom. The lowest BCUT2D eigenvalue weighted by molar-refractivity contribution is -0.0327. The third-order valence-corrected chi connectivity index (χ3v) is 3.03. The summed E-state index contributed by atoms with van der Waals surface area (Å²) in [6.45, 7) is -0.0691. The Bertz CT molecular complexity index is 477. The van der Waals surface area contributed by atoms with Crippen LogP contribution in [-0.4, -0.2) is 28.7 Å². The number of nitrogens with one attached hydrogen (secondary N) is 1. The number of halogens is 3. The van der Waals surface area contributed by atoms with Gasteiger partial charge in [-0.3, -0.25) is 4.79 Å². The molecule has 0 heterocycles. The van der Waals surface area contributed by atoms with E-state index in [0.29, 0.717) is 11.1 Å². The lowest BCUT2D eigenvalue weighted by atomic mass is 10.1. The normalized spacial score (nSPS) is 11.1. The summed E-state index contributed by atoms with van der Waals surface area (Å²) in [5.74, 6) is -0.689. The number of thiocarbonyl (C=S) groups is 1. The molecule has 0 aliphatic heterocycles. The fraction of sp³-hybridized carbons (Fsp3) is 0.273. The van der Waals surface area contributed by atoms with Gasteiger partial charge in [-0.05, 0) is 23.9 Å². The van der Waals surface area contributed by atoms with Gasteiger partial charge < -0.3 is 11.1 Å². The molecular formula is C11H11F3N2OS2. The average molecular weight is 308 g/mol. The van der Waals surface area contributed by atoms with Crippen LogP contribution in [0.2, 0.25) is 0 Å². The Morgan fingerprint density at radius 3 is 2.58 bits per heavy atom. The van der Waals surface area contributed by atoms with Gasteiger partial charge in [0.15, 0.2) is 0 Å². The molecule has 0 spiro atoms. The molecule has 1 aromatic rings. The second kappa shape index (κ2) is 6.76. The Labute approximate surface area is 117 Å². The minimum atomic E-state index is -4.28. The van der Waals surface area contributed by atoms with Crippen molar-refractivity contribution in [3.8, 4) is 0 Å². The zero-order valence-electron chi connectivity index (χ0n) is 9.66. The first kappa shape index (κ1) is 15.8. The number of alkyl halides is 3. The largest absolute Gasteiger partial charge is 0.441 e. The molecule has 19 heavy (non-hydrogen) atoms. The molecule has 0 atom stereocenters. The monoisotopic (exact) mass is 308 g/mol. The molecule has 0 unspecified atom stereocenters. The average Bonchev–Trinajstić information content (AvgIpc) is 2.33. The van der Waals surface area contributed by atoms with Crippen molar-refractivity contribution in [1.82, 2.24) is 5.32 Å². The maximum atomic E-state index is 11.9. The first-order valence-corrected chi connectivity index (χ1v) is 6.58. The van der Waals surface area contributed by atoms with Crippen LogP contribution >= 0.6 is 24.0 Å². The van der Waals surface area contributed by atoms with Crippen LogP contribution in [-0.2, 0) is 0 Å². The molecule has 3 nitrogen and oxygen atoms in total. The fourth-order valence-electron chi connectivity index (χ4n) is 1.25. The molecule has 0 aromatic heterocycles. The highest BCUT2D eigenvalue weighted by Crippen LogP contribution is 2.29. The molecule has 1 amide bonds. The predicted octanol–water partition coefficient (Wildman–Crippen LogP) is 2.30. The van der Waals surface area contributed by atoms with Crippen molar-refractivity contribution in [1.29, 1.82) is 0 Å². The summed E-state index contributed by atoms with van der Waals surface area (Å²) in [5, 5.41) is 2.39. The van der Waals surface area contributed by atoms with Gasteiger partial charge in [0.1, 0.15) is 4.99 Å². The standard InChI is InChI=1S/C11H11F3N2OS2/c12-11(13,14)19-5-4-16-10(17)8-3-1-2-7(6-8)9(15)18/h1-3,6H,4-5H2,(H2,15,18)(H,16,17). The van der Waals surface area contributed by atoms with Gasteiger partial charge in [0.05, 0.1) is 0 Å². The van der Waals surface area contributed by atoms with Crippen molar-refractivity contribution in [3.63, 3.8) is 0 Å². The van der Waals surface area contributed by atoms with Crippen molar-refractivity contribution >= 4 is 34.9 Å². The van der Waals surface area contributed by atoms with Gasteiger partial charge in [-0.2, -0.15) is 13.2 Å². The summed E-state index contributed by atoms with van der Waals surface area (Å²) in [7, 11) is 0. The highest BCUT2D eigenvalue weighted by molar-refractivity contribution is 8.00. The van der Waals surface area contributed by atoms with Gasteiger partial charge >= 0.3 is 5.51 Å². The lowest BCUT2D eigenvalue weighted by Gasteiger charge is -2.08. The third-order valence-electron chi connectivity index (χ3n) is 2.06. The smallest absolute Gasteiger partial charge is 0.389 e. The van der Waals surface area contributed by atoms with Crippen LogP contribution in [0, 0.1) is 0 Å². The number of rotatable bonds is 5. The minimum Gasteiger partial charge on any atom is -0.389 e. The van der Waals surface area contributed by atoms with Gasteiger partial charge in [-0.1, -0.05) is 24.4 Å². The zero-order valence-corrected chi connectivity index (χ0v) is 11.3. The molecular weight excluding hydrogens is 297 g/mol. The van der Waals surface area contributed by atoms with Crippen LogP contribution in [0.3, 0.4) is 0 Å². The van der Waals surface area contributed by atoms with E-state index in [2.05, 4.69) is 5.32 Å². The van der Waals surface area contributed by atoms with Crippen LogP contribution < -0.4 is 11.1 Å².